The maximum absolute atomic E-state index is 13.9. The normalized spacial score (nSPS) is 12.8. The van der Waals surface area contributed by atoms with E-state index in [4.69, 9.17) is 0 Å². The Hall–Kier alpha value is -3.17. The molecule has 7 nitrogen and oxygen atoms in total. The summed E-state index contributed by atoms with van der Waals surface area (Å²) < 4.78 is 27.7. The molecule has 0 unspecified atom stereocenters. The van der Waals surface area contributed by atoms with E-state index >= 15 is 0 Å². The summed E-state index contributed by atoms with van der Waals surface area (Å²) >= 11 is 3.46. The molecule has 0 aromatic heterocycles. The van der Waals surface area contributed by atoms with Crippen molar-refractivity contribution in [3.05, 3.63) is 99.5 Å². The third kappa shape index (κ3) is 9.70. The standard InChI is InChI=1S/C33H42BrN3O4S/c1-6-26(4)35-33(39)31(22-27-11-8-7-9-12-27)36(23-28-15-17-29(34)18-16-28)32(38)13-10-20-37(42(5,40)41)30-19-14-24(2)25(3)21-30/h7-9,11-12,14-19,21,26,31H,6,10,13,20,22-23H2,1-5H3,(H,35,39)/t26-,31+/m1/s1. The minimum atomic E-state index is -3.57. The van der Waals surface area contributed by atoms with E-state index in [0.717, 1.165) is 33.1 Å². The van der Waals surface area contributed by atoms with Gasteiger partial charge in [0, 0.05) is 36.4 Å². The second-order valence-corrected chi connectivity index (χ2v) is 13.7. The smallest absolute Gasteiger partial charge is 0.243 e. The molecule has 0 spiro atoms. The van der Waals surface area contributed by atoms with Crippen molar-refractivity contribution in [1.82, 2.24) is 10.2 Å². The molecular formula is C33H42BrN3O4S. The Morgan fingerprint density at radius 3 is 2.19 bits per heavy atom. The molecule has 0 bridgehead atoms. The first kappa shape index (κ1) is 33.3. The molecule has 0 aliphatic heterocycles. The maximum Gasteiger partial charge on any atom is 0.243 e. The molecule has 0 aliphatic carbocycles. The Labute approximate surface area is 259 Å². The molecule has 0 aliphatic rings. The van der Waals surface area contributed by atoms with Crippen molar-refractivity contribution >= 4 is 43.5 Å². The van der Waals surface area contributed by atoms with Gasteiger partial charge in [-0.1, -0.05) is 71.4 Å². The van der Waals surface area contributed by atoms with E-state index in [-0.39, 0.29) is 37.4 Å². The van der Waals surface area contributed by atoms with Gasteiger partial charge in [-0.3, -0.25) is 13.9 Å². The van der Waals surface area contributed by atoms with E-state index in [1.807, 2.05) is 94.4 Å². The summed E-state index contributed by atoms with van der Waals surface area (Å²) in [5, 5.41) is 3.08. The molecule has 0 fully saturated rings. The lowest BCUT2D eigenvalue weighted by Gasteiger charge is -2.32. The molecule has 0 saturated carbocycles. The fourth-order valence-corrected chi connectivity index (χ4v) is 5.89. The van der Waals surface area contributed by atoms with Gasteiger partial charge < -0.3 is 10.2 Å². The van der Waals surface area contributed by atoms with Crippen LogP contribution in [0.4, 0.5) is 5.69 Å². The minimum absolute atomic E-state index is 0.0401. The second kappa shape index (κ2) is 15.3. The number of benzene rings is 3. The topological polar surface area (TPSA) is 86.8 Å². The van der Waals surface area contributed by atoms with Gasteiger partial charge in [0.15, 0.2) is 0 Å². The Kier molecular flexibility index (Phi) is 12.2. The molecule has 42 heavy (non-hydrogen) atoms. The van der Waals surface area contributed by atoms with Crippen LogP contribution in [0.5, 0.6) is 0 Å². The van der Waals surface area contributed by atoms with Gasteiger partial charge in [0.05, 0.1) is 11.9 Å². The van der Waals surface area contributed by atoms with Gasteiger partial charge in [-0.15, -0.1) is 0 Å². The van der Waals surface area contributed by atoms with Gasteiger partial charge in [-0.2, -0.15) is 0 Å². The van der Waals surface area contributed by atoms with Crippen molar-refractivity contribution in [2.75, 3.05) is 17.1 Å². The van der Waals surface area contributed by atoms with Crippen molar-refractivity contribution < 1.29 is 18.0 Å². The zero-order valence-corrected chi connectivity index (χ0v) is 27.5. The molecule has 1 N–H and O–H groups in total. The van der Waals surface area contributed by atoms with Crippen molar-refractivity contribution in [3.8, 4) is 0 Å². The monoisotopic (exact) mass is 655 g/mol. The van der Waals surface area contributed by atoms with Crippen LogP contribution in [0.2, 0.25) is 0 Å². The first-order chi connectivity index (χ1) is 19.9. The molecule has 226 valence electrons. The molecule has 2 amide bonds. The highest BCUT2D eigenvalue weighted by Gasteiger charge is 2.31. The van der Waals surface area contributed by atoms with Crippen molar-refractivity contribution in [1.29, 1.82) is 0 Å². The number of anilines is 1. The molecule has 0 radical (unpaired) electrons. The van der Waals surface area contributed by atoms with Crippen LogP contribution in [-0.2, 0) is 32.6 Å². The minimum Gasteiger partial charge on any atom is -0.352 e. The highest BCUT2D eigenvalue weighted by molar-refractivity contribution is 9.10. The zero-order chi connectivity index (χ0) is 30.9. The molecule has 9 heteroatoms. The van der Waals surface area contributed by atoms with E-state index in [0.29, 0.717) is 18.5 Å². The lowest BCUT2D eigenvalue weighted by Crippen LogP contribution is -2.52. The summed E-state index contributed by atoms with van der Waals surface area (Å²) in [5.41, 5.74) is 4.50. The van der Waals surface area contributed by atoms with Crippen molar-refractivity contribution in [2.24, 2.45) is 0 Å². The number of rotatable bonds is 14. The van der Waals surface area contributed by atoms with Crippen LogP contribution in [0, 0.1) is 13.8 Å². The van der Waals surface area contributed by atoms with Gasteiger partial charge in [0.1, 0.15) is 6.04 Å². The quantitative estimate of drug-likeness (QED) is 0.225. The number of nitrogens with one attached hydrogen (secondary N) is 1. The van der Waals surface area contributed by atoms with Crippen molar-refractivity contribution in [2.45, 2.75) is 72.0 Å². The molecule has 0 heterocycles. The van der Waals surface area contributed by atoms with E-state index in [9.17, 15) is 18.0 Å². The predicted octanol–water partition coefficient (Wildman–Crippen LogP) is 6.17. The van der Waals surface area contributed by atoms with Crippen LogP contribution in [0.1, 0.15) is 55.4 Å². The summed E-state index contributed by atoms with van der Waals surface area (Å²) in [6, 6.07) is 22.1. The van der Waals surface area contributed by atoms with E-state index < -0.39 is 16.1 Å². The van der Waals surface area contributed by atoms with Crippen LogP contribution in [0.15, 0.2) is 77.3 Å². The molecule has 0 saturated heterocycles. The summed E-state index contributed by atoms with van der Waals surface area (Å²) in [4.78, 5) is 29.3. The Balaban J connectivity index is 1.89. The third-order valence-corrected chi connectivity index (χ3v) is 9.19. The van der Waals surface area contributed by atoms with Crippen LogP contribution >= 0.6 is 15.9 Å². The average molecular weight is 657 g/mol. The van der Waals surface area contributed by atoms with E-state index in [2.05, 4.69) is 21.2 Å². The third-order valence-electron chi connectivity index (χ3n) is 7.47. The predicted molar refractivity (Wildman–Crippen MR) is 174 cm³/mol. The molecular weight excluding hydrogens is 614 g/mol. The molecule has 3 rings (SSSR count). The SMILES string of the molecule is CC[C@@H](C)NC(=O)[C@H](Cc1ccccc1)N(Cc1ccc(Br)cc1)C(=O)CCCN(c1ccc(C)c(C)c1)S(C)(=O)=O. The number of hydrogen-bond acceptors (Lipinski definition) is 4. The first-order valence-electron chi connectivity index (χ1n) is 14.3. The molecule has 2 atom stereocenters. The number of sulfonamides is 1. The number of carbonyl (C=O) groups excluding carboxylic acids is 2. The lowest BCUT2D eigenvalue weighted by molar-refractivity contribution is -0.141. The number of halogens is 1. The van der Waals surface area contributed by atoms with Gasteiger partial charge in [0.25, 0.3) is 0 Å². The molecule has 3 aromatic carbocycles. The summed E-state index contributed by atoms with van der Waals surface area (Å²) in [7, 11) is -3.57. The number of amides is 2. The van der Waals surface area contributed by atoms with Gasteiger partial charge in [-0.05, 0) is 80.1 Å². The number of nitrogens with zero attached hydrogens (tertiary/aromatic N) is 2. The fourth-order valence-electron chi connectivity index (χ4n) is 4.67. The molecule has 3 aromatic rings. The first-order valence-corrected chi connectivity index (χ1v) is 17.0. The zero-order valence-electron chi connectivity index (χ0n) is 25.1. The number of aryl methyl sites for hydroxylation is 2. The Bertz CT molecular complexity index is 1450. The second-order valence-electron chi connectivity index (χ2n) is 10.9. The highest BCUT2D eigenvalue weighted by atomic mass is 79.9. The van der Waals surface area contributed by atoms with Gasteiger partial charge in [0.2, 0.25) is 21.8 Å². The van der Waals surface area contributed by atoms with Crippen LogP contribution < -0.4 is 9.62 Å². The van der Waals surface area contributed by atoms with Crippen LogP contribution in [-0.4, -0.2) is 50.0 Å². The Morgan fingerprint density at radius 1 is 0.929 bits per heavy atom. The Morgan fingerprint density at radius 2 is 1.60 bits per heavy atom. The number of carbonyl (C=O) groups is 2. The van der Waals surface area contributed by atoms with Crippen LogP contribution in [0.3, 0.4) is 0 Å². The van der Waals surface area contributed by atoms with Gasteiger partial charge >= 0.3 is 0 Å². The largest absolute Gasteiger partial charge is 0.352 e. The average Bonchev–Trinajstić information content (AvgIpc) is 2.95. The highest BCUT2D eigenvalue weighted by Crippen LogP contribution is 2.23. The van der Waals surface area contributed by atoms with Crippen molar-refractivity contribution in [3.63, 3.8) is 0 Å². The summed E-state index contributed by atoms with van der Waals surface area (Å²) in [5.74, 6) is -0.404. The maximum atomic E-state index is 13.9. The summed E-state index contributed by atoms with van der Waals surface area (Å²) in [6.07, 6.45) is 2.71. The van der Waals surface area contributed by atoms with E-state index in [1.54, 1.807) is 11.0 Å². The lowest BCUT2D eigenvalue weighted by atomic mass is 10.0. The van der Waals surface area contributed by atoms with Crippen LogP contribution in [0.25, 0.3) is 0 Å². The fraction of sp³-hybridized carbons (Fsp3) is 0.394. The number of hydrogen-bond donors (Lipinski definition) is 1. The summed E-state index contributed by atoms with van der Waals surface area (Å²) in [6.45, 7) is 8.29. The van der Waals surface area contributed by atoms with Gasteiger partial charge in [-0.25, -0.2) is 8.42 Å². The van der Waals surface area contributed by atoms with E-state index in [1.165, 1.54) is 10.6 Å².